The first-order chi connectivity index (χ1) is 10.0. The second kappa shape index (κ2) is 6.68. The normalized spacial score (nSPS) is 11.1. The van der Waals surface area contributed by atoms with Crippen molar-refractivity contribution >= 4 is 0 Å². The molecule has 1 N–H and O–H groups in total. The number of rotatable bonds is 5. The van der Waals surface area contributed by atoms with E-state index in [2.05, 4.69) is 13.8 Å². The zero-order valence-corrected chi connectivity index (χ0v) is 12.3. The van der Waals surface area contributed by atoms with Gasteiger partial charge in [0.05, 0.1) is 12.3 Å². The van der Waals surface area contributed by atoms with Crippen LogP contribution in [-0.2, 0) is 13.2 Å². The molecule has 1 aromatic heterocycles. The molecule has 21 heavy (non-hydrogen) atoms. The van der Waals surface area contributed by atoms with Crippen LogP contribution in [0.2, 0.25) is 0 Å². The maximum Gasteiger partial charge on any atom is 0.256 e. The summed E-state index contributed by atoms with van der Waals surface area (Å²) in [5.41, 5.74) is 1.74. The van der Waals surface area contributed by atoms with Crippen molar-refractivity contribution in [2.45, 2.75) is 33.4 Å². The average molecular weight is 289 g/mol. The highest BCUT2D eigenvalue weighted by Gasteiger charge is 2.10. The molecule has 4 heteroatoms. The Labute approximate surface area is 123 Å². The number of nitrogens with zero attached hydrogens (tertiary/aromatic N) is 1. The highest BCUT2D eigenvalue weighted by molar-refractivity contribution is 5.59. The van der Waals surface area contributed by atoms with Gasteiger partial charge in [-0.1, -0.05) is 13.8 Å². The summed E-state index contributed by atoms with van der Waals surface area (Å²) < 4.78 is 14.7. The largest absolute Gasteiger partial charge is 0.391 e. The van der Waals surface area contributed by atoms with Crippen LogP contribution in [0.4, 0.5) is 4.39 Å². The van der Waals surface area contributed by atoms with Gasteiger partial charge in [-0.3, -0.25) is 4.79 Å². The third kappa shape index (κ3) is 3.58. The number of benzene rings is 1. The molecule has 0 radical (unpaired) electrons. The van der Waals surface area contributed by atoms with Crippen LogP contribution in [0.3, 0.4) is 0 Å². The molecule has 3 nitrogen and oxygen atoms in total. The van der Waals surface area contributed by atoms with Gasteiger partial charge >= 0.3 is 0 Å². The minimum Gasteiger partial charge on any atom is -0.391 e. The molecule has 0 aliphatic heterocycles. The van der Waals surface area contributed by atoms with Crippen molar-refractivity contribution in [3.05, 3.63) is 58.1 Å². The summed E-state index contributed by atoms with van der Waals surface area (Å²) in [7, 11) is 0. The summed E-state index contributed by atoms with van der Waals surface area (Å²) in [5, 5.41) is 9.26. The van der Waals surface area contributed by atoms with E-state index in [1.54, 1.807) is 28.8 Å². The molecule has 2 aromatic rings. The molecule has 2 rings (SSSR count). The molecule has 0 aliphatic rings. The Morgan fingerprint density at radius 1 is 1.14 bits per heavy atom. The van der Waals surface area contributed by atoms with Gasteiger partial charge in [0.15, 0.2) is 0 Å². The van der Waals surface area contributed by atoms with E-state index in [4.69, 9.17) is 0 Å². The third-order valence-corrected chi connectivity index (χ3v) is 3.49. The second-order valence-corrected chi connectivity index (χ2v) is 5.55. The molecule has 0 saturated carbocycles. The molecule has 1 aromatic carbocycles. The molecule has 0 fully saturated rings. The lowest BCUT2D eigenvalue weighted by Gasteiger charge is -2.15. The van der Waals surface area contributed by atoms with Crippen molar-refractivity contribution in [3.8, 4) is 11.3 Å². The Hall–Kier alpha value is -1.94. The molecule has 0 aliphatic carbocycles. The standard InChI is InChI=1S/C17H20FNO2/c1-12(2)9-10-19-16(8-5-14(11-20)17(19)21)13-3-6-15(18)7-4-13/h3-8,12,20H,9-11H2,1-2H3. The van der Waals surface area contributed by atoms with Gasteiger partial charge in [-0.25, -0.2) is 4.39 Å². The van der Waals surface area contributed by atoms with E-state index in [0.29, 0.717) is 18.0 Å². The fourth-order valence-corrected chi connectivity index (χ4v) is 2.23. The first-order valence-electron chi connectivity index (χ1n) is 7.12. The lowest BCUT2D eigenvalue weighted by Crippen LogP contribution is -2.25. The van der Waals surface area contributed by atoms with Crippen molar-refractivity contribution in [1.82, 2.24) is 4.57 Å². The van der Waals surface area contributed by atoms with Crippen LogP contribution in [0.15, 0.2) is 41.2 Å². The van der Waals surface area contributed by atoms with E-state index in [0.717, 1.165) is 17.7 Å². The Balaban J connectivity index is 2.51. The molecule has 0 bridgehead atoms. The topological polar surface area (TPSA) is 42.2 Å². The van der Waals surface area contributed by atoms with Gasteiger partial charge in [-0.2, -0.15) is 0 Å². The van der Waals surface area contributed by atoms with E-state index in [9.17, 15) is 14.3 Å². The van der Waals surface area contributed by atoms with Gasteiger partial charge in [0.1, 0.15) is 5.82 Å². The number of aromatic nitrogens is 1. The molecule has 0 unspecified atom stereocenters. The molecule has 112 valence electrons. The van der Waals surface area contributed by atoms with Crippen LogP contribution >= 0.6 is 0 Å². The van der Waals surface area contributed by atoms with Crippen LogP contribution in [0.25, 0.3) is 11.3 Å². The van der Waals surface area contributed by atoms with E-state index < -0.39 is 0 Å². The highest BCUT2D eigenvalue weighted by Crippen LogP contribution is 2.20. The van der Waals surface area contributed by atoms with Gasteiger partial charge in [-0.05, 0) is 54.3 Å². The molecule has 1 heterocycles. The fourth-order valence-electron chi connectivity index (χ4n) is 2.23. The zero-order valence-electron chi connectivity index (χ0n) is 12.3. The zero-order chi connectivity index (χ0) is 15.4. The number of hydrogen-bond donors (Lipinski definition) is 1. The average Bonchev–Trinajstić information content (AvgIpc) is 2.46. The maximum absolute atomic E-state index is 13.1. The van der Waals surface area contributed by atoms with E-state index in [1.165, 1.54) is 12.1 Å². The molecule has 0 amide bonds. The molecule has 0 spiro atoms. The van der Waals surface area contributed by atoms with Crippen LogP contribution in [0.5, 0.6) is 0 Å². The van der Waals surface area contributed by atoms with Gasteiger partial charge < -0.3 is 9.67 Å². The molecular formula is C17H20FNO2. The van der Waals surface area contributed by atoms with Crippen molar-refractivity contribution in [3.63, 3.8) is 0 Å². The number of halogens is 1. The summed E-state index contributed by atoms with van der Waals surface area (Å²) in [6.45, 7) is 4.50. The smallest absolute Gasteiger partial charge is 0.256 e. The Kier molecular flexibility index (Phi) is 4.91. The lowest BCUT2D eigenvalue weighted by molar-refractivity contribution is 0.279. The van der Waals surface area contributed by atoms with Crippen LogP contribution < -0.4 is 5.56 Å². The molecular weight excluding hydrogens is 269 g/mol. The first-order valence-corrected chi connectivity index (χ1v) is 7.12. The predicted molar refractivity (Wildman–Crippen MR) is 81.5 cm³/mol. The van der Waals surface area contributed by atoms with Crippen molar-refractivity contribution in [2.75, 3.05) is 0 Å². The van der Waals surface area contributed by atoms with E-state index in [1.807, 2.05) is 0 Å². The minimum absolute atomic E-state index is 0.181. The number of pyridine rings is 1. The summed E-state index contributed by atoms with van der Waals surface area (Å²) in [6.07, 6.45) is 0.864. The Morgan fingerprint density at radius 3 is 2.38 bits per heavy atom. The SMILES string of the molecule is CC(C)CCn1c(-c2ccc(F)cc2)ccc(CO)c1=O. The number of aliphatic hydroxyl groups excluding tert-OH is 1. The Morgan fingerprint density at radius 2 is 1.81 bits per heavy atom. The maximum atomic E-state index is 13.1. The summed E-state index contributed by atoms with van der Waals surface area (Å²) in [6, 6.07) is 9.52. The van der Waals surface area contributed by atoms with Gasteiger partial charge in [-0.15, -0.1) is 0 Å². The summed E-state index contributed by atoms with van der Waals surface area (Å²) in [5.74, 6) is 0.164. The second-order valence-electron chi connectivity index (χ2n) is 5.55. The summed E-state index contributed by atoms with van der Waals surface area (Å²) in [4.78, 5) is 12.4. The minimum atomic E-state index is -0.304. The van der Waals surface area contributed by atoms with Gasteiger partial charge in [0.25, 0.3) is 5.56 Å². The lowest BCUT2D eigenvalue weighted by atomic mass is 10.1. The fraction of sp³-hybridized carbons (Fsp3) is 0.353. The quantitative estimate of drug-likeness (QED) is 0.918. The third-order valence-electron chi connectivity index (χ3n) is 3.49. The van der Waals surface area contributed by atoms with Gasteiger partial charge in [0, 0.05) is 12.1 Å². The van der Waals surface area contributed by atoms with Crippen LogP contribution in [-0.4, -0.2) is 9.67 Å². The van der Waals surface area contributed by atoms with Gasteiger partial charge in [0.2, 0.25) is 0 Å². The van der Waals surface area contributed by atoms with Crippen molar-refractivity contribution < 1.29 is 9.50 Å². The molecule has 0 saturated heterocycles. The van der Waals surface area contributed by atoms with E-state index >= 15 is 0 Å². The van der Waals surface area contributed by atoms with Crippen LogP contribution in [0, 0.1) is 11.7 Å². The van der Waals surface area contributed by atoms with Crippen molar-refractivity contribution in [1.29, 1.82) is 0 Å². The van der Waals surface area contributed by atoms with E-state index in [-0.39, 0.29) is 18.0 Å². The number of aliphatic hydroxyl groups is 1. The first kappa shape index (κ1) is 15.4. The number of hydrogen-bond acceptors (Lipinski definition) is 2. The van der Waals surface area contributed by atoms with Crippen molar-refractivity contribution in [2.24, 2.45) is 5.92 Å². The highest BCUT2D eigenvalue weighted by atomic mass is 19.1. The monoisotopic (exact) mass is 289 g/mol. The Bertz CT molecular complexity index is 659. The van der Waals surface area contributed by atoms with Crippen LogP contribution in [0.1, 0.15) is 25.8 Å². The predicted octanol–water partition coefficient (Wildman–Crippen LogP) is 3.19. The molecule has 0 atom stereocenters. The summed E-state index contributed by atoms with van der Waals surface area (Å²) >= 11 is 0.